The highest BCUT2D eigenvalue weighted by molar-refractivity contribution is 5.87. The zero-order valence-electron chi connectivity index (χ0n) is 13.5. The van der Waals surface area contributed by atoms with E-state index >= 15 is 0 Å². The van der Waals surface area contributed by atoms with E-state index in [0.717, 1.165) is 12.8 Å². The number of carboxylic acids is 1. The number of fused-ring (bicyclic) bond motifs is 1. The monoisotopic (exact) mass is 334 g/mol. The van der Waals surface area contributed by atoms with Crippen molar-refractivity contribution in [2.75, 3.05) is 13.2 Å². The van der Waals surface area contributed by atoms with Crippen LogP contribution >= 0.6 is 0 Å². The Balaban J connectivity index is 1.63. The first-order chi connectivity index (χ1) is 11.5. The summed E-state index contributed by atoms with van der Waals surface area (Å²) in [6.07, 6.45) is 6.00. The smallest absolute Gasteiger partial charge is 0.410 e. The average molecular weight is 334 g/mol. The Hall–Kier alpha value is -2.31. The molecule has 0 spiro atoms. The summed E-state index contributed by atoms with van der Waals surface area (Å²) in [7, 11) is 0. The summed E-state index contributed by atoms with van der Waals surface area (Å²) < 4.78 is 5.44. The van der Waals surface area contributed by atoms with Crippen LogP contribution in [-0.4, -0.2) is 40.2 Å². The van der Waals surface area contributed by atoms with E-state index in [9.17, 15) is 14.4 Å². The average Bonchev–Trinajstić information content (AvgIpc) is 2.59. The van der Waals surface area contributed by atoms with Gasteiger partial charge in [-0.25, -0.2) is 9.59 Å². The molecular weight excluding hydrogens is 312 g/mol. The third-order valence-electron chi connectivity index (χ3n) is 4.86. The Morgan fingerprint density at radius 1 is 1.29 bits per heavy atom. The summed E-state index contributed by atoms with van der Waals surface area (Å²) in [6, 6.07) is 1.36. The lowest BCUT2D eigenvalue weighted by Gasteiger charge is -2.29. The maximum Gasteiger partial charge on any atom is 0.410 e. The Kier molecular flexibility index (Phi) is 4.87. The largest absolute Gasteiger partial charge is 0.477 e. The predicted molar refractivity (Wildman–Crippen MR) is 86.1 cm³/mol. The molecule has 7 nitrogen and oxygen atoms in total. The number of carbonyl (C=O) groups excluding carboxylic acids is 1. The van der Waals surface area contributed by atoms with Gasteiger partial charge in [0.1, 0.15) is 5.56 Å². The number of ether oxygens (including phenoxy) is 1. The molecule has 1 saturated carbocycles. The molecule has 0 radical (unpaired) electrons. The second kappa shape index (κ2) is 7.07. The van der Waals surface area contributed by atoms with Crippen molar-refractivity contribution in [3.8, 4) is 0 Å². The number of amides is 1. The Bertz CT molecular complexity index is 691. The van der Waals surface area contributed by atoms with E-state index in [2.05, 4.69) is 4.98 Å². The summed E-state index contributed by atoms with van der Waals surface area (Å²) in [5, 5.41) is 9.05. The fourth-order valence-electron chi connectivity index (χ4n) is 3.46. The summed E-state index contributed by atoms with van der Waals surface area (Å²) in [4.78, 5) is 39.2. The van der Waals surface area contributed by atoms with Crippen molar-refractivity contribution < 1.29 is 19.4 Å². The topological polar surface area (TPSA) is 99.7 Å². The van der Waals surface area contributed by atoms with Crippen LogP contribution in [0.25, 0.3) is 0 Å². The molecule has 1 fully saturated rings. The molecule has 0 aromatic carbocycles. The molecule has 0 saturated heterocycles. The third kappa shape index (κ3) is 3.60. The van der Waals surface area contributed by atoms with Gasteiger partial charge in [0, 0.05) is 18.7 Å². The minimum absolute atomic E-state index is 0.260. The van der Waals surface area contributed by atoms with Crippen molar-refractivity contribution in [3.63, 3.8) is 0 Å². The predicted octanol–water partition coefficient (Wildman–Crippen LogP) is 2.15. The highest BCUT2D eigenvalue weighted by Gasteiger charge is 2.25. The van der Waals surface area contributed by atoms with Crippen molar-refractivity contribution in [2.45, 2.75) is 45.1 Å². The maximum absolute atomic E-state index is 12.3. The van der Waals surface area contributed by atoms with Gasteiger partial charge in [0.2, 0.25) is 0 Å². The zero-order chi connectivity index (χ0) is 17.1. The number of rotatable bonds is 3. The summed E-state index contributed by atoms with van der Waals surface area (Å²) in [5.41, 5.74) is 0.454. The fourth-order valence-corrected chi connectivity index (χ4v) is 3.46. The SMILES string of the molecule is O=C(O)c1cc2c([nH]c1=O)CCN(C(=O)OCC1CCCCC1)C2. The van der Waals surface area contributed by atoms with Crippen molar-refractivity contribution >= 4 is 12.1 Å². The molecule has 2 aliphatic rings. The molecule has 130 valence electrons. The van der Waals surface area contributed by atoms with Crippen molar-refractivity contribution in [1.29, 1.82) is 0 Å². The van der Waals surface area contributed by atoms with Crippen molar-refractivity contribution in [2.24, 2.45) is 5.92 Å². The number of hydrogen-bond acceptors (Lipinski definition) is 4. The van der Waals surface area contributed by atoms with Crippen LogP contribution in [0, 0.1) is 5.92 Å². The number of H-pyrrole nitrogens is 1. The van der Waals surface area contributed by atoms with Crippen molar-refractivity contribution in [3.05, 3.63) is 33.2 Å². The Labute approximate surface area is 139 Å². The molecule has 1 aliphatic heterocycles. The van der Waals surface area contributed by atoms with E-state index in [4.69, 9.17) is 9.84 Å². The number of nitrogens with zero attached hydrogens (tertiary/aromatic N) is 1. The van der Waals surface area contributed by atoms with Crippen LogP contribution in [0.1, 0.15) is 53.7 Å². The van der Waals surface area contributed by atoms with Crippen LogP contribution < -0.4 is 5.56 Å². The highest BCUT2D eigenvalue weighted by atomic mass is 16.6. The van der Waals surface area contributed by atoms with Gasteiger partial charge in [-0.3, -0.25) is 4.79 Å². The molecule has 3 rings (SSSR count). The lowest BCUT2D eigenvalue weighted by Crippen LogP contribution is -2.38. The number of carbonyl (C=O) groups is 2. The standard InChI is InChI=1S/C17H22N2O5/c20-15-13(16(21)22)8-12-9-19(7-6-14(12)18-15)17(23)24-10-11-4-2-1-3-5-11/h8,11H,1-7,9-10H2,(H,18,20)(H,21,22). The summed E-state index contributed by atoms with van der Waals surface area (Å²) in [6.45, 7) is 1.17. The normalized spacial score (nSPS) is 18.1. The number of pyridine rings is 1. The first-order valence-electron chi connectivity index (χ1n) is 8.44. The van der Waals surface area contributed by atoms with Gasteiger partial charge in [-0.2, -0.15) is 0 Å². The molecule has 0 unspecified atom stereocenters. The van der Waals surface area contributed by atoms with Gasteiger partial charge in [0.05, 0.1) is 13.2 Å². The number of aromatic carboxylic acids is 1. The molecule has 0 bridgehead atoms. The lowest BCUT2D eigenvalue weighted by atomic mass is 9.90. The molecular formula is C17H22N2O5. The van der Waals surface area contributed by atoms with Crippen LogP contribution in [0.15, 0.2) is 10.9 Å². The second-order valence-electron chi connectivity index (χ2n) is 6.57. The number of nitrogens with one attached hydrogen (secondary N) is 1. The van der Waals surface area contributed by atoms with Gasteiger partial charge in [-0.05, 0) is 30.4 Å². The van der Waals surface area contributed by atoms with E-state index in [1.165, 1.54) is 25.3 Å². The molecule has 2 heterocycles. The van der Waals surface area contributed by atoms with Gasteiger partial charge in [0.15, 0.2) is 0 Å². The third-order valence-corrected chi connectivity index (χ3v) is 4.86. The molecule has 2 N–H and O–H groups in total. The highest BCUT2D eigenvalue weighted by Crippen LogP contribution is 2.24. The van der Waals surface area contributed by atoms with Gasteiger partial charge >= 0.3 is 12.1 Å². The summed E-state index contributed by atoms with van der Waals surface area (Å²) in [5.74, 6) is -0.814. The molecule has 24 heavy (non-hydrogen) atoms. The van der Waals surface area contributed by atoms with Gasteiger partial charge in [0.25, 0.3) is 5.56 Å². The van der Waals surface area contributed by atoms with Gasteiger partial charge in [-0.1, -0.05) is 19.3 Å². The van der Waals surface area contributed by atoms with E-state index < -0.39 is 11.5 Å². The summed E-state index contributed by atoms with van der Waals surface area (Å²) >= 11 is 0. The molecule has 0 atom stereocenters. The van der Waals surface area contributed by atoms with Crippen LogP contribution in [0.3, 0.4) is 0 Å². The minimum atomic E-state index is -1.27. The number of aromatic amines is 1. The molecule has 1 aromatic heterocycles. The number of aromatic nitrogens is 1. The van der Waals surface area contributed by atoms with Crippen LogP contribution in [0.5, 0.6) is 0 Å². The van der Waals surface area contributed by atoms with Gasteiger partial charge in [-0.15, -0.1) is 0 Å². The molecule has 1 aliphatic carbocycles. The lowest BCUT2D eigenvalue weighted by molar-refractivity contribution is 0.0694. The first kappa shape index (κ1) is 16.5. The quantitative estimate of drug-likeness (QED) is 0.882. The van der Waals surface area contributed by atoms with E-state index in [-0.39, 0.29) is 18.2 Å². The van der Waals surface area contributed by atoms with Crippen LogP contribution in [0.2, 0.25) is 0 Å². The number of hydrogen-bond donors (Lipinski definition) is 2. The number of carboxylic acid groups (broad SMARTS) is 1. The zero-order valence-corrected chi connectivity index (χ0v) is 13.5. The van der Waals surface area contributed by atoms with Crippen LogP contribution in [-0.2, 0) is 17.7 Å². The Morgan fingerprint density at radius 2 is 2.04 bits per heavy atom. The van der Waals surface area contributed by atoms with E-state index in [1.807, 2.05) is 0 Å². The van der Waals surface area contributed by atoms with E-state index in [1.54, 1.807) is 4.90 Å². The fraction of sp³-hybridized carbons (Fsp3) is 0.588. The van der Waals surface area contributed by atoms with E-state index in [0.29, 0.717) is 36.7 Å². The maximum atomic E-state index is 12.3. The molecule has 1 aromatic rings. The minimum Gasteiger partial charge on any atom is -0.477 e. The molecule has 1 amide bonds. The first-order valence-corrected chi connectivity index (χ1v) is 8.44. The van der Waals surface area contributed by atoms with Crippen molar-refractivity contribution in [1.82, 2.24) is 9.88 Å². The van der Waals surface area contributed by atoms with Gasteiger partial charge < -0.3 is 19.7 Å². The molecule has 7 heteroatoms. The van der Waals surface area contributed by atoms with Crippen LogP contribution in [0.4, 0.5) is 4.79 Å². The Morgan fingerprint density at radius 3 is 2.75 bits per heavy atom. The second-order valence-corrected chi connectivity index (χ2v) is 6.57.